The molecular weight excluding hydrogens is 294 g/mol. The van der Waals surface area contributed by atoms with Gasteiger partial charge in [0.2, 0.25) is 0 Å². The zero-order chi connectivity index (χ0) is 15.4. The van der Waals surface area contributed by atoms with Crippen LogP contribution in [0.2, 0.25) is 5.02 Å². The van der Waals surface area contributed by atoms with E-state index >= 15 is 0 Å². The molecule has 0 aromatic heterocycles. The predicted octanol–water partition coefficient (Wildman–Crippen LogP) is 4.01. The van der Waals surface area contributed by atoms with E-state index < -0.39 is 4.92 Å². The molecule has 0 heterocycles. The first-order chi connectivity index (χ1) is 9.97. The number of halogens is 1. The van der Waals surface area contributed by atoms with Crippen LogP contribution in [0.5, 0.6) is 0 Å². The lowest BCUT2D eigenvalue weighted by molar-refractivity contribution is -0.384. The van der Waals surface area contributed by atoms with Crippen LogP contribution in [-0.2, 0) is 0 Å². The largest absolute Gasteiger partial charge is 0.335 e. The summed E-state index contributed by atoms with van der Waals surface area (Å²) in [6.45, 7) is 1.69. The van der Waals surface area contributed by atoms with Crippen LogP contribution in [0.1, 0.15) is 37.7 Å². The molecule has 1 aliphatic rings. The van der Waals surface area contributed by atoms with E-state index in [0.29, 0.717) is 11.3 Å². The number of nitro benzene ring substituents is 1. The molecule has 1 aromatic carbocycles. The monoisotopic (exact) mass is 311 g/mol. The second-order valence-corrected chi connectivity index (χ2v) is 5.72. The summed E-state index contributed by atoms with van der Waals surface area (Å²) < 4.78 is 0. The highest BCUT2D eigenvalue weighted by molar-refractivity contribution is 6.33. The molecular formula is C14H18ClN3O3. The van der Waals surface area contributed by atoms with Gasteiger partial charge in [0.15, 0.2) is 0 Å². The minimum absolute atomic E-state index is 0.0126. The summed E-state index contributed by atoms with van der Waals surface area (Å²) in [5.74, 6) is 0. The number of anilines is 1. The number of nitrogens with one attached hydrogen (secondary N) is 2. The maximum Gasteiger partial charge on any atom is 0.319 e. The van der Waals surface area contributed by atoms with Gasteiger partial charge in [-0.2, -0.15) is 0 Å². The molecule has 0 radical (unpaired) electrons. The number of aryl methyl sites for hydroxylation is 1. The lowest BCUT2D eigenvalue weighted by Gasteiger charge is -2.23. The molecule has 0 unspecified atom stereocenters. The second kappa shape index (κ2) is 6.76. The molecule has 2 rings (SSSR count). The number of hydrogen-bond donors (Lipinski definition) is 2. The Morgan fingerprint density at radius 1 is 1.33 bits per heavy atom. The fraction of sp³-hybridized carbons (Fsp3) is 0.500. The maximum absolute atomic E-state index is 12.0. The summed E-state index contributed by atoms with van der Waals surface area (Å²) in [6, 6.07) is 2.68. The van der Waals surface area contributed by atoms with Gasteiger partial charge in [-0.1, -0.05) is 30.9 Å². The molecule has 6 nitrogen and oxygen atoms in total. The van der Waals surface area contributed by atoms with Crippen molar-refractivity contribution in [3.8, 4) is 0 Å². The van der Waals surface area contributed by atoms with Gasteiger partial charge in [0.1, 0.15) is 5.02 Å². The van der Waals surface area contributed by atoms with Crippen LogP contribution >= 0.6 is 11.6 Å². The SMILES string of the molecule is Cc1cc([N+](=O)[O-])c(Cl)cc1NC(=O)NC1CCCCC1. The van der Waals surface area contributed by atoms with E-state index in [2.05, 4.69) is 10.6 Å². The normalized spacial score (nSPS) is 15.5. The molecule has 7 heteroatoms. The first kappa shape index (κ1) is 15.6. The summed E-state index contributed by atoms with van der Waals surface area (Å²) in [5.41, 5.74) is 0.927. The van der Waals surface area contributed by atoms with E-state index in [1.807, 2.05) is 0 Å². The van der Waals surface area contributed by atoms with Crippen molar-refractivity contribution in [3.05, 3.63) is 32.8 Å². The molecule has 114 valence electrons. The number of nitro groups is 1. The molecule has 2 amide bonds. The third kappa shape index (κ3) is 4.07. The Balaban J connectivity index is 2.03. The van der Waals surface area contributed by atoms with Crippen molar-refractivity contribution in [3.63, 3.8) is 0 Å². The van der Waals surface area contributed by atoms with Gasteiger partial charge in [0.05, 0.1) is 4.92 Å². The van der Waals surface area contributed by atoms with Gasteiger partial charge in [-0.05, 0) is 31.4 Å². The third-order valence-electron chi connectivity index (χ3n) is 3.68. The van der Waals surface area contributed by atoms with Gasteiger partial charge < -0.3 is 10.6 Å². The van der Waals surface area contributed by atoms with Crippen LogP contribution in [0.4, 0.5) is 16.2 Å². The molecule has 1 saturated carbocycles. The first-order valence-corrected chi connectivity index (χ1v) is 7.37. The molecule has 1 fully saturated rings. The average molecular weight is 312 g/mol. The Morgan fingerprint density at radius 3 is 2.62 bits per heavy atom. The molecule has 21 heavy (non-hydrogen) atoms. The van der Waals surface area contributed by atoms with Crippen LogP contribution in [0.25, 0.3) is 0 Å². The summed E-state index contributed by atoms with van der Waals surface area (Å²) >= 11 is 5.86. The van der Waals surface area contributed by atoms with Crippen molar-refractivity contribution in [2.45, 2.75) is 45.1 Å². The van der Waals surface area contributed by atoms with Crippen LogP contribution in [0.3, 0.4) is 0 Å². The fourth-order valence-electron chi connectivity index (χ4n) is 2.53. The van der Waals surface area contributed by atoms with Crippen LogP contribution < -0.4 is 10.6 Å². The number of benzene rings is 1. The molecule has 1 aromatic rings. The quantitative estimate of drug-likeness (QED) is 0.653. The van der Waals surface area contributed by atoms with Crippen molar-refractivity contribution in [1.29, 1.82) is 0 Å². The molecule has 0 spiro atoms. The Kier molecular flexibility index (Phi) is 5.01. The van der Waals surface area contributed by atoms with Crippen molar-refractivity contribution in [1.82, 2.24) is 5.32 Å². The molecule has 0 bridgehead atoms. The van der Waals surface area contributed by atoms with Gasteiger partial charge in [-0.25, -0.2) is 4.79 Å². The zero-order valence-electron chi connectivity index (χ0n) is 11.8. The number of hydrogen-bond acceptors (Lipinski definition) is 3. The number of rotatable bonds is 3. The Hall–Kier alpha value is -1.82. The number of nitrogens with zero attached hydrogens (tertiary/aromatic N) is 1. The summed E-state index contributed by atoms with van der Waals surface area (Å²) in [7, 11) is 0. The minimum atomic E-state index is -0.540. The second-order valence-electron chi connectivity index (χ2n) is 5.31. The number of urea groups is 1. The van der Waals surface area contributed by atoms with Gasteiger partial charge in [-0.15, -0.1) is 0 Å². The van der Waals surface area contributed by atoms with Crippen molar-refractivity contribution < 1.29 is 9.72 Å². The number of amides is 2. The van der Waals surface area contributed by atoms with Gasteiger partial charge >= 0.3 is 6.03 Å². The summed E-state index contributed by atoms with van der Waals surface area (Å²) in [4.78, 5) is 22.2. The van der Waals surface area contributed by atoms with Gasteiger partial charge in [0, 0.05) is 17.8 Å². The minimum Gasteiger partial charge on any atom is -0.335 e. The molecule has 2 N–H and O–H groups in total. The lowest BCUT2D eigenvalue weighted by Crippen LogP contribution is -2.39. The van der Waals surface area contributed by atoms with Crippen LogP contribution in [-0.4, -0.2) is 17.0 Å². The highest BCUT2D eigenvalue weighted by Gasteiger charge is 2.18. The van der Waals surface area contributed by atoms with E-state index in [1.54, 1.807) is 6.92 Å². The molecule has 1 aliphatic carbocycles. The highest BCUT2D eigenvalue weighted by atomic mass is 35.5. The third-order valence-corrected chi connectivity index (χ3v) is 3.98. The van der Waals surface area contributed by atoms with E-state index in [9.17, 15) is 14.9 Å². The topological polar surface area (TPSA) is 84.3 Å². The van der Waals surface area contributed by atoms with Crippen molar-refractivity contribution in [2.75, 3.05) is 5.32 Å². The maximum atomic E-state index is 12.0. The number of carbonyl (C=O) groups excluding carboxylic acids is 1. The Labute approximate surface area is 128 Å². The van der Waals surface area contributed by atoms with E-state index in [1.165, 1.54) is 18.6 Å². The number of carbonyl (C=O) groups is 1. The van der Waals surface area contributed by atoms with Gasteiger partial charge in [-0.3, -0.25) is 10.1 Å². The van der Waals surface area contributed by atoms with Crippen molar-refractivity contribution >= 4 is 29.0 Å². The van der Waals surface area contributed by atoms with E-state index in [-0.39, 0.29) is 22.8 Å². The predicted molar refractivity (Wildman–Crippen MR) is 81.9 cm³/mol. The molecule has 0 aliphatic heterocycles. The fourth-order valence-corrected chi connectivity index (χ4v) is 2.76. The average Bonchev–Trinajstić information content (AvgIpc) is 2.43. The first-order valence-electron chi connectivity index (χ1n) is 6.99. The Bertz CT molecular complexity index is 557. The Morgan fingerprint density at radius 2 is 2.00 bits per heavy atom. The van der Waals surface area contributed by atoms with E-state index in [4.69, 9.17) is 11.6 Å². The highest BCUT2D eigenvalue weighted by Crippen LogP contribution is 2.30. The molecule has 0 saturated heterocycles. The van der Waals surface area contributed by atoms with Gasteiger partial charge in [0.25, 0.3) is 5.69 Å². The molecule has 0 atom stereocenters. The van der Waals surface area contributed by atoms with Crippen LogP contribution in [0, 0.1) is 17.0 Å². The standard InChI is InChI=1S/C14H18ClN3O3/c1-9-7-13(18(20)21)11(15)8-12(9)17-14(19)16-10-5-3-2-4-6-10/h7-8,10H,2-6H2,1H3,(H2,16,17,19). The zero-order valence-corrected chi connectivity index (χ0v) is 12.6. The smallest absolute Gasteiger partial charge is 0.319 e. The lowest BCUT2D eigenvalue weighted by atomic mass is 9.96. The van der Waals surface area contributed by atoms with E-state index in [0.717, 1.165) is 25.7 Å². The summed E-state index contributed by atoms with van der Waals surface area (Å²) in [6.07, 6.45) is 5.47. The van der Waals surface area contributed by atoms with Crippen LogP contribution in [0.15, 0.2) is 12.1 Å². The summed E-state index contributed by atoms with van der Waals surface area (Å²) in [5, 5.41) is 16.4. The van der Waals surface area contributed by atoms with Crippen molar-refractivity contribution in [2.24, 2.45) is 0 Å².